The predicted molar refractivity (Wildman–Crippen MR) is 55.4 cm³/mol. The molecule has 1 unspecified atom stereocenters. The Balaban J connectivity index is 2.62. The Hall–Kier alpha value is -1.34. The lowest BCUT2D eigenvalue weighted by Gasteiger charge is -2.05. The van der Waals surface area contributed by atoms with Crippen LogP contribution >= 0.6 is 0 Å². The van der Waals surface area contributed by atoms with Gasteiger partial charge in [0.2, 0.25) is 0 Å². The summed E-state index contributed by atoms with van der Waals surface area (Å²) in [6.45, 7) is 1.97. The van der Waals surface area contributed by atoms with Gasteiger partial charge in [-0.05, 0) is 29.3 Å². The van der Waals surface area contributed by atoms with E-state index >= 15 is 0 Å². The highest BCUT2D eigenvalue weighted by Gasteiger charge is 2.00. The second-order valence-corrected chi connectivity index (χ2v) is 3.29. The average molecular weight is 170 g/mol. The lowest BCUT2D eigenvalue weighted by Crippen LogP contribution is -2.04. The van der Waals surface area contributed by atoms with Crippen molar-refractivity contribution in [1.82, 2.24) is 0 Å². The summed E-state index contributed by atoms with van der Waals surface area (Å²) in [6.07, 6.45) is 0. The first-order chi connectivity index (χ1) is 6.27. The maximum atomic E-state index is 5.77. The largest absolute Gasteiger partial charge is 0.324 e. The molecule has 2 aromatic rings. The first-order valence-electron chi connectivity index (χ1n) is 4.44. The van der Waals surface area contributed by atoms with Gasteiger partial charge in [-0.2, -0.15) is 0 Å². The van der Waals surface area contributed by atoms with Crippen molar-refractivity contribution >= 4 is 10.8 Å². The third-order valence-electron chi connectivity index (χ3n) is 2.17. The van der Waals surface area contributed by atoms with Crippen molar-refractivity contribution in [3.63, 3.8) is 0 Å². The van der Waals surface area contributed by atoms with Crippen LogP contribution in [0, 0.1) is 6.07 Å². The van der Waals surface area contributed by atoms with Crippen LogP contribution in [0.4, 0.5) is 0 Å². The average Bonchev–Trinajstić information content (AvgIpc) is 2.17. The molecule has 2 rings (SSSR count). The van der Waals surface area contributed by atoms with Crippen LogP contribution in [0.1, 0.15) is 18.5 Å². The highest BCUT2D eigenvalue weighted by Crippen LogP contribution is 2.17. The molecule has 0 saturated carbocycles. The third kappa shape index (κ3) is 1.56. The van der Waals surface area contributed by atoms with Crippen LogP contribution in [0.2, 0.25) is 0 Å². The first kappa shape index (κ1) is 8.27. The summed E-state index contributed by atoms with van der Waals surface area (Å²) >= 11 is 0. The molecule has 0 spiro atoms. The molecule has 0 fully saturated rings. The van der Waals surface area contributed by atoms with Crippen molar-refractivity contribution in [2.24, 2.45) is 5.73 Å². The SMILES string of the molecule is CC(N)c1[c]c2ccccc2cc1. The van der Waals surface area contributed by atoms with E-state index in [0.717, 1.165) is 10.9 Å². The lowest BCUT2D eigenvalue weighted by molar-refractivity contribution is 0.818. The van der Waals surface area contributed by atoms with Gasteiger partial charge in [-0.15, -0.1) is 0 Å². The van der Waals surface area contributed by atoms with Crippen molar-refractivity contribution in [2.75, 3.05) is 0 Å². The summed E-state index contributed by atoms with van der Waals surface area (Å²) in [5.41, 5.74) is 6.84. The minimum absolute atomic E-state index is 0.0598. The lowest BCUT2D eigenvalue weighted by atomic mass is 10.0. The molecule has 0 aliphatic carbocycles. The Labute approximate surface area is 78.2 Å². The number of rotatable bonds is 1. The zero-order valence-corrected chi connectivity index (χ0v) is 7.62. The van der Waals surface area contributed by atoms with Crippen LogP contribution in [0.5, 0.6) is 0 Å². The fourth-order valence-corrected chi connectivity index (χ4v) is 1.40. The zero-order chi connectivity index (χ0) is 9.26. The third-order valence-corrected chi connectivity index (χ3v) is 2.17. The summed E-state index contributed by atoms with van der Waals surface area (Å²) < 4.78 is 0. The monoisotopic (exact) mass is 170 g/mol. The smallest absolute Gasteiger partial charge is 0.0272 e. The summed E-state index contributed by atoms with van der Waals surface area (Å²) in [5.74, 6) is 0. The molecule has 1 heteroatoms. The summed E-state index contributed by atoms with van der Waals surface area (Å²) in [4.78, 5) is 0. The van der Waals surface area contributed by atoms with E-state index in [1.807, 2.05) is 25.1 Å². The number of benzene rings is 2. The molecule has 2 aromatic carbocycles. The number of hydrogen-bond donors (Lipinski definition) is 1. The molecule has 0 aromatic heterocycles. The van der Waals surface area contributed by atoms with E-state index in [9.17, 15) is 0 Å². The van der Waals surface area contributed by atoms with Gasteiger partial charge >= 0.3 is 0 Å². The van der Waals surface area contributed by atoms with Gasteiger partial charge in [0.1, 0.15) is 0 Å². The standard InChI is InChI=1S/C12H12N/c1-9(13)11-7-6-10-4-2-3-5-12(10)8-11/h2-7,9H,13H2,1H3. The highest BCUT2D eigenvalue weighted by atomic mass is 14.6. The van der Waals surface area contributed by atoms with E-state index in [1.165, 1.54) is 5.39 Å². The van der Waals surface area contributed by atoms with Crippen LogP contribution in [-0.2, 0) is 0 Å². The predicted octanol–water partition coefficient (Wildman–Crippen LogP) is 2.66. The fraction of sp³-hybridized carbons (Fsp3) is 0.167. The normalized spacial score (nSPS) is 13.1. The fourth-order valence-electron chi connectivity index (χ4n) is 1.40. The molecule has 13 heavy (non-hydrogen) atoms. The Bertz CT molecular complexity index is 418. The first-order valence-corrected chi connectivity index (χ1v) is 4.44. The van der Waals surface area contributed by atoms with Gasteiger partial charge in [0.15, 0.2) is 0 Å². The number of nitrogens with two attached hydrogens (primary N) is 1. The van der Waals surface area contributed by atoms with Crippen molar-refractivity contribution in [3.8, 4) is 0 Å². The second kappa shape index (κ2) is 3.19. The molecular weight excluding hydrogens is 158 g/mol. The quantitative estimate of drug-likeness (QED) is 0.699. The topological polar surface area (TPSA) is 26.0 Å². The molecule has 0 aliphatic rings. The molecule has 2 N–H and O–H groups in total. The molecular formula is C12H12N. The summed E-state index contributed by atoms with van der Waals surface area (Å²) in [6, 6.07) is 15.7. The van der Waals surface area contributed by atoms with E-state index in [0.29, 0.717) is 0 Å². The van der Waals surface area contributed by atoms with Gasteiger partial charge < -0.3 is 5.73 Å². The minimum atomic E-state index is 0.0598. The summed E-state index contributed by atoms with van der Waals surface area (Å²) in [7, 11) is 0. The molecule has 0 heterocycles. The van der Waals surface area contributed by atoms with E-state index in [4.69, 9.17) is 5.73 Å². The maximum absolute atomic E-state index is 5.77. The van der Waals surface area contributed by atoms with Crippen molar-refractivity contribution < 1.29 is 0 Å². The van der Waals surface area contributed by atoms with E-state index in [2.05, 4.69) is 24.3 Å². The highest BCUT2D eigenvalue weighted by molar-refractivity contribution is 5.82. The molecule has 0 aliphatic heterocycles. The van der Waals surface area contributed by atoms with Crippen LogP contribution < -0.4 is 5.73 Å². The molecule has 1 atom stereocenters. The minimum Gasteiger partial charge on any atom is -0.324 e. The molecule has 1 nitrogen and oxygen atoms in total. The van der Waals surface area contributed by atoms with Gasteiger partial charge in [0.25, 0.3) is 0 Å². The molecule has 0 saturated heterocycles. The summed E-state index contributed by atoms with van der Waals surface area (Å²) in [5, 5.41) is 2.35. The van der Waals surface area contributed by atoms with Gasteiger partial charge in [-0.25, -0.2) is 0 Å². The maximum Gasteiger partial charge on any atom is 0.0272 e. The Morgan fingerprint density at radius 1 is 1.15 bits per heavy atom. The Kier molecular flexibility index (Phi) is 2.03. The van der Waals surface area contributed by atoms with Gasteiger partial charge in [-0.3, -0.25) is 0 Å². The van der Waals surface area contributed by atoms with Gasteiger partial charge in [0.05, 0.1) is 0 Å². The van der Waals surface area contributed by atoms with Crippen molar-refractivity contribution in [2.45, 2.75) is 13.0 Å². The Morgan fingerprint density at radius 2 is 1.92 bits per heavy atom. The van der Waals surface area contributed by atoms with E-state index in [1.54, 1.807) is 0 Å². The van der Waals surface area contributed by atoms with E-state index < -0.39 is 0 Å². The molecule has 0 amide bonds. The second-order valence-electron chi connectivity index (χ2n) is 3.29. The van der Waals surface area contributed by atoms with Gasteiger partial charge in [-0.1, -0.05) is 36.4 Å². The van der Waals surface area contributed by atoms with Crippen LogP contribution in [0.3, 0.4) is 0 Å². The number of fused-ring (bicyclic) bond motifs is 1. The van der Waals surface area contributed by atoms with Crippen LogP contribution in [-0.4, -0.2) is 0 Å². The number of hydrogen-bond acceptors (Lipinski definition) is 1. The van der Waals surface area contributed by atoms with Crippen molar-refractivity contribution in [1.29, 1.82) is 0 Å². The van der Waals surface area contributed by atoms with Gasteiger partial charge in [0, 0.05) is 6.04 Å². The van der Waals surface area contributed by atoms with Crippen LogP contribution in [0.15, 0.2) is 36.4 Å². The molecule has 0 bridgehead atoms. The Morgan fingerprint density at radius 3 is 2.69 bits per heavy atom. The van der Waals surface area contributed by atoms with E-state index in [-0.39, 0.29) is 6.04 Å². The van der Waals surface area contributed by atoms with Crippen LogP contribution in [0.25, 0.3) is 10.8 Å². The van der Waals surface area contributed by atoms with Crippen molar-refractivity contribution in [3.05, 3.63) is 48.0 Å². The zero-order valence-electron chi connectivity index (χ0n) is 7.62. The molecule has 1 radical (unpaired) electrons. The molecule has 65 valence electrons.